The maximum atomic E-state index is 12.3. The van der Waals surface area contributed by atoms with E-state index in [1.165, 1.54) is 12.3 Å². The van der Waals surface area contributed by atoms with Gasteiger partial charge in [0.1, 0.15) is 17.6 Å². The molecule has 2 rings (SSSR count). The second kappa shape index (κ2) is 6.62. The number of nitrogens with zero attached hydrogens (tertiary/aromatic N) is 4. The first-order chi connectivity index (χ1) is 11.1. The molecule has 0 bridgehead atoms. The Kier molecular flexibility index (Phi) is 4.96. The zero-order valence-electron chi connectivity index (χ0n) is 14.7. The SMILES string of the molecule is C[C@@H]1CN(C(=O)OC(C)(C)C)[C@@H](C)CN1c1ccc([N+](=O)[O-])cn1. The molecule has 1 aliphatic rings. The van der Waals surface area contributed by atoms with Crippen molar-refractivity contribution in [1.82, 2.24) is 9.88 Å². The summed E-state index contributed by atoms with van der Waals surface area (Å²) in [6.45, 7) is 10.6. The van der Waals surface area contributed by atoms with Gasteiger partial charge in [0, 0.05) is 31.2 Å². The molecule has 1 saturated heterocycles. The van der Waals surface area contributed by atoms with Gasteiger partial charge >= 0.3 is 6.09 Å². The van der Waals surface area contributed by atoms with Crippen molar-refractivity contribution in [1.29, 1.82) is 0 Å². The number of aromatic nitrogens is 1. The van der Waals surface area contributed by atoms with Crippen molar-refractivity contribution in [2.24, 2.45) is 0 Å². The van der Waals surface area contributed by atoms with E-state index in [-0.39, 0.29) is 23.9 Å². The second-order valence-electron chi connectivity index (χ2n) is 7.11. The van der Waals surface area contributed by atoms with Gasteiger partial charge < -0.3 is 14.5 Å². The van der Waals surface area contributed by atoms with Crippen LogP contribution in [0.2, 0.25) is 0 Å². The van der Waals surface area contributed by atoms with Gasteiger partial charge in [-0.15, -0.1) is 0 Å². The Bertz CT molecular complexity index is 611. The standard InChI is InChI=1S/C16H24N4O4/c1-11-10-19(15(21)24-16(3,4)5)12(2)9-18(11)14-7-6-13(8-17-14)20(22)23/h6-8,11-12H,9-10H2,1-5H3/t11-,12+/m1/s1. The molecule has 0 N–H and O–H groups in total. The van der Waals surface area contributed by atoms with Gasteiger partial charge in [-0.2, -0.15) is 0 Å². The summed E-state index contributed by atoms with van der Waals surface area (Å²) in [5.74, 6) is 0.670. The summed E-state index contributed by atoms with van der Waals surface area (Å²) in [4.78, 5) is 30.5. The van der Waals surface area contributed by atoms with Crippen molar-refractivity contribution < 1.29 is 14.5 Å². The number of hydrogen-bond donors (Lipinski definition) is 0. The molecule has 2 heterocycles. The number of carbonyl (C=O) groups excluding carboxylic acids is 1. The number of hydrogen-bond acceptors (Lipinski definition) is 6. The maximum Gasteiger partial charge on any atom is 0.410 e. The van der Waals surface area contributed by atoms with Gasteiger partial charge in [-0.25, -0.2) is 9.78 Å². The average molecular weight is 336 g/mol. The van der Waals surface area contributed by atoms with E-state index in [9.17, 15) is 14.9 Å². The fraction of sp³-hybridized carbons (Fsp3) is 0.625. The van der Waals surface area contributed by atoms with E-state index in [1.807, 2.05) is 34.6 Å². The van der Waals surface area contributed by atoms with Crippen molar-refractivity contribution in [3.63, 3.8) is 0 Å². The van der Waals surface area contributed by atoms with Crippen LogP contribution in [0.25, 0.3) is 0 Å². The fourth-order valence-electron chi connectivity index (χ4n) is 2.68. The third-order valence-corrected chi connectivity index (χ3v) is 3.85. The molecule has 1 aromatic heterocycles. The van der Waals surface area contributed by atoms with Crippen LogP contribution < -0.4 is 4.90 Å². The van der Waals surface area contributed by atoms with Crippen LogP contribution in [-0.4, -0.2) is 51.7 Å². The first-order valence-electron chi connectivity index (χ1n) is 7.95. The maximum absolute atomic E-state index is 12.3. The molecule has 0 aliphatic carbocycles. The number of nitro groups is 1. The van der Waals surface area contributed by atoms with Crippen LogP contribution >= 0.6 is 0 Å². The molecule has 132 valence electrons. The highest BCUT2D eigenvalue weighted by Gasteiger charge is 2.35. The average Bonchev–Trinajstić information content (AvgIpc) is 2.47. The predicted molar refractivity (Wildman–Crippen MR) is 90.1 cm³/mol. The first-order valence-corrected chi connectivity index (χ1v) is 7.95. The zero-order chi connectivity index (χ0) is 18.1. The third-order valence-electron chi connectivity index (χ3n) is 3.85. The summed E-state index contributed by atoms with van der Waals surface area (Å²) in [6.07, 6.45) is 0.936. The molecule has 1 aromatic rings. The topological polar surface area (TPSA) is 88.8 Å². The predicted octanol–water partition coefficient (Wildman–Crippen LogP) is 2.82. The Hall–Kier alpha value is -2.38. The summed E-state index contributed by atoms with van der Waals surface area (Å²) >= 11 is 0. The van der Waals surface area contributed by atoms with Gasteiger partial charge in [0.2, 0.25) is 0 Å². The second-order valence-corrected chi connectivity index (χ2v) is 7.11. The van der Waals surface area contributed by atoms with E-state index in [1.54, 1.807) is 11.0 Å². The lowest BCUT2D eigenvalue weighted by Gasteiger charge is -2.44. The summed E-state index contributed by atoms with van der Waals surface area (Å²) < 4.78 is 5.46. The number of anilines is 1. The summed E-state index contributed by atoms with van der Waals surface area (Å²) in [7, 11) is 0. The van der Waals surface area contributed by atoms with Crippen molar-refractivity contribution in [2.45, 2.75) is 52.3 Å². The Morgan fingerprint density at radius 3 is 2.46 bits per heavy atom. The van der Waals surface area contributed by atoms with E-state index in [0.29, 0.717) is 18.9 Å². The molecular weight excluding hydrogens is 312 g/mol. The molecule has 8 nitrogen and oxygen atoms in total. The van der Waals surface area contributed by atoms with Crippen LogP contribution in [0.1, 0.15) is 34.6 Å². The van der Waals surface area contributed by atoms with Crippen molar-refractivity contribution in [2.75, 3.05) is 18.0 Å². The quantitative estimate of drug-likeness (QED) is 0.609. The number of carbonyl (C=O) groups is 1. The van der Waals surface area contributed by atoms with Gasteiger partial charge in [0.05, 0.1) is 4.92 Å². The van der Waals surface area contributed by atoms with E-state index in [0.717, 1.165) is 0 Å². The van der Waals surface area contributed by atoms with E-state index in [2.05, 4.69) is 9.88 Å². The van der Waals surface area contributed by atoms with Crippen LogP contribution in [0.5, 0.6) is 0 Å². The summed E-state index contributed by atoms with van der Waals surface area (Å²) in [6, 6.07) is 3.07. The Labute approximate surface area is 141 Å². The number of piperazine rings is 1. The molecule has 24 heavy (non-hydrogen) atoms. The van der Waals surface area contributed by atoms with E-state index < -0.39 is 10.5 Å². The molecule has 0 radical (unpaired) electrons. The molecule has 0 saturated carbocycles. The van der Waals surface area contributed by atoms with Crippen LogP contribution in [0, 0.1) is 10.1 Å². The molecule has 1 amide bonds. The lowest BCUT2D eigenvalue weighted by atomic mass is 10.1. The molecule has 2 atom stereocenters. The largest absolute Gasteiger partial charge is 0.444 e. The zero-order valence-corrected chi connectivity index (χ0v) is 14.7. The molecular formula is C16H24N4O4. The number of amides is 1. The Morgan fingerprint density at radius 2 is 1.96 bits per heavy atom. The van der Waals surface area contributed by atoms with E-state index in [4.69, 9.17) is 4.74 Å². The highest BCUT2D eigenvalue weighted by molar-refractivity contribution is 5.69. The first kappa shape index (κ1) is 18.0. The normalized spacial score (nSPS) is 21.5. The lowest BCUT2D eigenvalue weighted by Crippen LogP contribution is -2.59. The minimum absolute atomic E-state index is 0.0303. The summed E-state index contributed by atoms with van der Waals surface area (Å²) in [5, 5.41) is 10.7. The minimum atomic E-state index is -0.531. The molecule has 8 heteroatoms. The molecule has 0 aromatic carbocycles. The van der Waals surface area contributed by atoms with Gasteiger partial charge in [-0.1, -0.05) is 0 Å². The lowest BCUT2D eigenvalue weighted by molar-refractivity contribution is -0.385. The Balaban J connectivity index is 2.10. The smallest absolute Gasteiger partial charge is 0.410 e. The highest BCUT2D eigenvalue weighted by atomic mass is 16.6. The third kappa shape index (κ3) is 4.12. The van der Waals surface area contributed by atoms with Gasteiger partial charge in [0.15, 0.2) is 0 Å². The molecule has 0 spiro atoms. The Morgan fingerprint density at radius 1 is 1.29 bits per heavy atom. The minimum Gasteiger partial charge on any atom is -0.444 e. The molecule has 0 unspecified atom stereocenters. The van der Waals surface area contributed by atoms with Crippen LogP contribution in [-0.2, 0) is 4.74 Å². The van der Waals surface area contributed by atoms with Crippen LogP contribution in [0.4, 0.5) is 16.3 Å². The molecule has 1 aliphatic heterocycles. The monoisotopic (exact) mass is 336 g/mol. The number of pyridine rings is 1. The fourth-order valence-corrected chi connectivity index (χ4v) is 2.68. The summed E-state index contributed by atoms with van der Waals surface area (Å²) in [5.41, 5.74) is -0.566. The van der Waals surface area contributed by atoms with Crippen molar-refractivity contribution >= 4 is 17.6 Å². The van der Waals surface area contributed by atoms with Gasteiger partial charge in [-0.3, -0.25) is 10.1 Å². The van der Waals surface area contributed by atoms with Crippen molar-refractivity contribution in [3.8, 4) is 0 Å². The van der Waals surface area contributed by atoms with Gasteiger partial charge in [-0.05, 0) is 40.7 Å². The van der Waals surface area contributed by atoms with E-state index >= 15 is 0 Å². The van der Waals surface area contributed by atoms with Crippen LogP contribution in [0.15, 0.2) is 18.3 Å². The highest BCUT2D eigenvalue weighted by Crippen LogP contribution is 2.24. The molecule has 1 fully saturated rings. The number of ether oxygens (including phenoxy) is 1. The van der Waals surface area contributed by atoms with Crippen LogP contribution in [0.3, 0.4) is 0 Å². The van der Waals surface area contributed by atoms with Crippen molar-refractivity contribution in [3.05, 3.63) is 28.4 Å². The van der Waals surface area contributed by atoms with Gasteiger partial charge in [0.25, 0.3) is 5.69 Å². The number of rotatable bonds is 2.